The molecule has 10 heavy (non-hydrogen) atoms. The molecule has 0 aliphatic heterocycles. The van der Waals surface area contributed by atoms with E-state index in [1.807, 2.05) is 29.2 Å². The van der Waals surface area contributed by atoms with Crippen molar-refractivity contribution in [1.82, 2.24) is 4.68 Å². The number of nitrogens with zero attached hydrogens (tertiary/aromatic N) is 1. The van der Waals surface area contributed by atoms with Gasteiger partial charge in [0.15, 0.2) is 0 Å². The molecule has 0 unspecified atom stereocenters. The lowest BCUT2D eigenvalue weighted by Crippen LogP contribution is -2.22. The summed E-state index contributed by atoms with van der Waals surface area (Å²) in [5.41, 5.74) is 2.99. The Balaban J connectivity index is 2.28. The van der Waals surface area contributed by atoms with Gasteiger partial charge in [0.25, 0.3) is 0 Å². The van der Waals surface area contributed by atoms with Crippen LogP contribution in [0.4, 0.5) is 0 Å². The largest absolute Gasteiger partial charge is 0.392 e. The zero-order valence-electron chi connectivity index (χ0n) is 5.99. The van der Waals surface area contributed by atoms with Crippen LogP contribution in [0.3, 0.4) is 0 Å². The van der Waals surface area contributed by atoms with Crippen LogP contribution < -0.4 is 5.43 Å². The lowest BCUT2D eigenvalue weighted by molar-refractivity contribution is 0.204. The molecule has 0 radical (unpaired) electrons. The van der Waals surface area contributed by atoms with Crippen molar-refractivity contribution in [2.24, 2.45) is 0 Å². The quantitative estimate of drug-likeness (QED) is 0.638. The first-order valence-electron chi connectivity index (χ1n) is 3.34. The Morgan fingerprint density at radius 3 is 2.60 bits per heavy atom. The molecule has 56 valence electrons. The highest BCUT2D eigenvalue weighted by molar-refractivity contribution is 4.93. The second kappa shape index (κ2) is 3.27. The predicted molar refractivity (Wildman–Crippen MR) is 40.3 cm³/mol. The Labute approximate surface area is 60.3 Å². The first-order chi connectivity index (χ1) is 4.79. The van der Waals surface area contributed by atoms with Crippen LogP contribution in [0, 0.1) is 0 Å². The van der Waals surface area contributed by atoms with Crippen LogP contribution in [0.15, 0.2) is 24.5 Å². The molecule has 0 bridgehead atoms. The molecular formula is C7H12N2O. The van der Waals surface area contributed by atoms with E-state index in [0.29, 0.717) is 6.54 Å². The number of hydrogen-bond acceptors (Lipinski definition) is 2. The van der Waals surface area contributed by atoms with Crippen LogP contribution in [0.2, 0.25) is 0 Å². The molecule has 0 saturated carbocycles. The van der Waals surface area contributed by atoms with Crippen molar-refractivity contribution in [2.75, 3.05) is 12.0 Å². The van der Waals surface area contributed by atoms with Gasteiger partial charge in [0.2, 0.25) is 0 Å². The second-order valence-electron chi connectivity index (χ2n) is 2.30. The van der Waals surface area contributed by atoms with E-state index >= 15 is 0 Å². The predicted octanol–water partition coefficient (Wildman–Crippen LogP) is 0.412. The number of aliphatic hydroxyl groups is 1. The highest BCUT2D eigenvalue weighted by atomic mass is 16.3. The smallest absolute Gasteiger partial charge is 0.0700 e. The van der Waals surface area contributed by atoms with Crippen LogP contribution >= 0.6 is 0 Å². The molecule has 3 nitrogen and oxygen atoms in total. The van der Waals surface area contributed by atoms with Crippen LogP contribution in [0.5, 0.6) is 0 Å². The summed E-state index contributed by atoms with van der Waals surface area (Å²) in [5, 5.41) is 8.88. The average Bonchev–Trinajstić information content (AvgIpc) is 2.34. The van der Waals surface area contributed by atoms with Crippen LogP contribution in [-0.2, 0) is 0 Å². The molecule has 1 heterocycles. The van der Waals surface area contributed by atoms with Gasteiger partial charge in [0, 0.05) is 12.4 Å². The van der Waals surface area contributed by atoms with E-state index in [2.05, 4.69) is 5.43 Å². The number of hydrogen-bond donors (Lipinski definition) is 2. The molecule has 1 aromatic rings. The standard InChI is InChI=1S/C7H12N2O/c1-7(10)6-8-9-4-2-3-5-9/h2-5,7-8,10H,6H2,1H3/t7-/m0/s1. The zero-order valence-corrected chi connectivity index (χ0v) is 5.99. The molecule has 1 atom stereocenters. The van der Waals surface area contributed by atoms with E-state index in [1.54, 1.807) is 6.92 Å². The summed E-state index contributed by atoms with van der Waals surface area (Å²) < 4.78 is 1.81. The van der Waals surface area contributed by atoms with E-state index in [1.165, 1.54) is 0 Å². The number of nitrogens with one attached hydrogen (secondary N) is 1. The van der Waals surface area contributed by atoms with Gasteiger partial charge in [-0.3, -0.25) is 4.68 Å². The highest BCUT2D eigenvalue weighted by Crippen LogP contribution is 1.85. The van der Waals surface area contributed by atoms with Crippen molar-refractivity contribution >= 4 is 0 Å². The minimum atomic E-state index is -0.303. The summed E-state index contributed by atoms with van der Waals surface area (Å²) in [4.78, 5) is 0. The van der Waals surface area contributed by atoms with Gasteiger partial charge in [0.05, 0.1) is 12.6 Å². The van der Waals surface area contributed by atoms with Crippen LogP contribution in [-0.4, -0.2) is 22.4 Å². The Kier molecular flexibility index (Phi) is 2.34. The summed E-state index contributed by atoms with van der Waals surface area (Å²) in [5.74, 6) is 0. The van der Waals surface area contributed by atoms with Crippen molar-refractivity contribution in [3.8, 4) is 0 Å². The fourth-order valence-electron chi connectivity index (χ4n) is 0.677. The summed E-state index contributed by atoms with van der Waals surface area (Å²) in [6.07, 6.45) is 3.48. The fraction of sp³-hybridized carbons (Fsp3) is 0.429. The molecule has 1 rings (SSSR count). The first-order valence-corrected chi connectivity index (χ1v) is 3.34. The van der Waals surface area contributed by atoms with E-state index in [9.17, 15) is 0 Å². The molecule has 3 heteroatoms. The van der Waals surface area contributed by atoms with Gasteiger partial charge in [-0.25, -0.2) is 0 Å². The first kappa shape index (κ1) is 7.15. The van der Waals surface area contributed by atoms with Crippen LogP contribution in [0.25, 0.3) is 0 Å². The topological polar surface area (TPSA) is 37.2 Å². The Morgan fingerprint density at radius 1 is 1.50 bits per heavy atom. The van der Waals surface area contributed by atoms with Gasteiger partial charge in [-0.1, -0.05) is 0 Å². The average molecular weight is 140 g/mol. The normalized spacial score (nSPS) is 13.0. The lowest BCUT2D eigenvalue weighted by Gasteiger charge is -2.08. The van der Waals surface area contributed by atoms with Crippen LogP contribution in [0.1, 0.15) is 6.92 Å². The third-order valence-electron chi connectivity index (χ3n) is 1.17. The second-order valence-corrected chi connectivity index (χ2v) is 2.30. The Morgan fingerprint density at radius 2 is 2.10 bits per heavy atom. The van der Waals surface area contributed by atoms with E-state index in [-0.39, 0.29) is 6.10 Å². The van der Waals surface area contributed by atoms with Crippen molar-refractivity contribution in [3.63, 3.8) is 0 Å². The monoisotopic (exact) mass is 140 g/mol. The maximum atomic E-state index is 8.88. The zero-order chi connectivity index (χ0) is 7.40. The Hall–Kier alpha value is -0.960. The molecule has 0 aliphatic rings. The van der Waals surface area contributed by atoms with Crippen molar-refractivity contribution < 1.29 is 5.11 Å². The minimum Gasteiger partial charge on any atom is -0.392 e. The number of rotatable bonds is 3. The highest BCUT2D eigenvalue weighted by Gasteiger charge is 1.91. The van der Waals surface area contributed by atoms with Gasteiger partial charge < -0.3 is 10.5 Å². The number of aromatic nitrogens is 1. The van der Waals surface area contributed by atoms with Crippen molar-refractivity contribution in [1.29, 1.82) is 0 Å². The van der Waals surface area contributed by atoms with Gasteiger partial charge in [-0.05, 0) is 19.1 Å². The molecule has 0 aromatic carbocycles. The summed E-state index contributed by atoms with van der Waals surface area (Å²) in [7, 11) is 0. The van der Waals surface area contributed by atoms with E-state index in [0.717, 1.165) is 0 Å². The minimum absolute atomic E-state index is 0.303. The maximum absolute atomic E-state index is 8.88. The number of aliphatic hydroxyl groups excluding tert-OH is 1. The summed E-state index contributed by atoms with van der Waals surface area (Å²) in [6, 6.07) is 3.85. The summed E-state index contributed by atoms with van der Waals surface area (Å²) in [6.45, 7) is 2.32. The van der Waals surface area contributed by atoms with Gasteiger partial charge in [-0.2, -0.15) is 0 Å². The molecular weight excluding hydrogens is 128 g/mol. The molecule has 0 fully saturated rings. The van der Waals surface area contributed by atoms with Crippen molar-refractivity contribution in [3.05, 3.63) is 24.5 Å². The van der Waals surface area contributed by atoms with Gasteiger partial charge >= 0.3 is 0 Å². The SMILES string of the molecule is C[C@H](O)CNn1cccc1. The fourth-order valence-corrected chi connectivity index (χ4v) is 0.677. The maximum Gasteiger partial charge on any atom is 0.0700 e. The van der Waals surface area contributed by atoms with Gasteiger partial charge in [0.1, 0.15) is 0 Å². The molecule has 0 amide bonds. The van der Waals surface area contributed by atoms with Crippen molar-refractivity contribution in [2.45, 2.75) is 13.0 Å². The molecule has 0 spiro atoms. The third kappa shape index (κ3) is 2.11. The molecule has 0 saturated heterocycles. The lowest BCUT2D eigenvalue weighted by atomic mass is 10.4. The Bertz CT molecular complexity index is 170. The molecule has 2 N–H and O–H groups in total. The summed E-state index contributed by atoms with van der Waals surface area (Å²) >= 11 is 0. The van der Waals surface area contributed by atoms with Gasteiger partial charge in [-0.15, -0.1) is 0 Å². The third-order valence-corrected chi connectivity index (χ3v) is 1.17. The van der Waals surface area contributed by atoms with E-state index < -0.39 is 0 Å². The molecule has 1 aromatic heterocycles. The molecule has 0 aliphatic carbocycles. The van der Waals surface area contributed by atoms with E-state index in [4.69, 9.17) is 5.11 Å².